The van der Waals surface area contributed by atoms with Gasteiger partial charge in [0.1, 0.15) is 5.58 Å². The molecule has 0 N–H and O–H groups in total. The van der Waals surface area contributed by atoms with Crippen LogP contribution in [0.2, 0.25) is 0 Å². The van der Waals surface area contributed by atoms with Crippen LogP contribution in [0.3, 0.4) is 0 Å². The van der Waals surface area contributed by atoms with E-state index in [1.807, 2.05) is 25.1 Å². The lowest BCUT2D eigenvalue weighted by Crippen LogP contribution is -1.99. The SMILES string of the molecule is Cc1nn(C)cc1C(=O)c1cc2cccc(Br)c2o1. The highest BCUT2D eigenvalue weighted by atomic mass is 79.9. The van der Waals surface area contributed by atoms with Gasteiger partial charge in [-0.15, -0.1) is 0 Å². The number of hydrogen-bond acceptors (Lipinski definition) is 3. The predicted octanol–water partition coefficient (Wildman–Crippen LogP) is 3.47. The fourth-order valence-corrected chi connectivity index (χ4v) is 2.56. The van der Waals surface area contributed by atoms with Crippen molar-refractivity contribution in [3.63, 3.8) is 0 Å². The van der Waals surface area contributed by atoms with E-state index in [0.29, 0.717) is 22.6 Å². The lowest BCUT2D eigenvalue weighted by molar-refractivity contribution is 0.101. The van der Waals surface area contributed by atoms with E-state index in [2.05, 4.69) is 21.0 Å². The number of rotatable bonds is 2. The highest BCUT2D eigenvalue weighted by Gasteiger charge is 2.19. The number of nitrogens with zero attached hydrogens (tertiary/aromatic N) is 2. The Morgan fingerprint density at radius 3 is 2.84 bits per heavy atom. The van der Waals surface area contributed by atoms with E-state index in [4.69, 9.17) is 4.42 Å². The summed E-state index contributed by atoms with van der Waals surface area (Å²) in [5, 5.41) is 5.08. The summed E-state index contributed by atoms with van der Waals surface area (Å²) >= 11 is 3.41. The third kappa shape index (κ3) is 2.00. The van der Waals surface area contributed by atoms with Crippen LogP contribution in [0.15, 0.2) is 39.4 Å². The van der Waals surface area contributed by atoms with Gasteiger partial charge in [0.25, 0.3) is 0 Å². The zero-order chi connectivity index (χ0) is 13.6. The van der Waals surface area contributed by atoms with Crippen LogP contribution in [0.4, 0.5) is 0 Å². The average molecular weight is 319 g/mol. The molecule has 1 aromatic carbocycles. The molecule has 4 nitrogen and oxygen atoms in total. The van der Waals surface area contributed by atoms with E-state index in [1.54, 1.807) is 24.0 Å². The van der Waals surface area contributed by atoms with Crippen molar-refractivity contribution in [2.75, 3.05) is 0 Å². The molecule has 0 bridgehead atoms. The predicted molar refractivity (Wildman–Crippen MR) is 75.3 cm³/mol. The van der Waals surface area contributed by atoms with Crippen molar-refractivity contribution in [2.24, 2.45) is 7.05 Å². The number of fused-ring (bicyclic) bond motifs is 1. The van der Waals surface area contributed by atoms with Gasteiger partial charge in [0.2, 0.25) is 5.78 Å². The summed E-state index contributed by atoms with van der Waals surface area (Å²) in [5.41, 5.74) is 1.96. The maximum absolute atomic E-state index is 12.4. The summed E-state index contributed by atoms with van der Waals surface area (Å²) < 4.78 is 8.11. The second-order valence-corrected chi connectivity index (χ2v) is 5.25. The Morgan fingerprint density at radius 1 is 1.42 bits per heavy atom. The molecule has 0 atom stereocenters. The Kier molecular flexibility index (Phi) is 2.78. The lowest BCUT2D eigenvalue weighted by Gasteiger charge is -1.93. The number of carbonyl (C=O) groups excluding carboxylic acids is 1. The molecule has 0 unspecified atom stereocenters. The van der Waals surface area contributed by atoms with Gasteiger partial charge in [0.05, 0.1) is 15.7 Å². The number of hydrogen-bond donors (Lipinski definition) is 0. The second kappa shape index (κ2) is 4.35. The number of benzene rings is 1. The first kappa shape index (κ1) is 12.2. The topological polar surface area (TPSA) is 48.0 Å². The average Bonchev–Trinajstić information content (AvgIpc) is 2.93. The van der Waals surface area contributed by atoms with Crippen molar-refractivity contribution >= 4 is 32.7 Å². The molecule has 0 spiro atoms. The van der Waals surface area contributed by atoms with Gasteiger partial charge in [0, 0.05) is 18.6 Å². The van der Waals surface area contributed by atoms with E-state index in [1.165, 1.54) is 0 Å². The quantitative estimate of drug-likeness (QED) is 0.680. The van der Waals surface area contributed by atoms with Gasteiger partial charge in [-0.05, 0) is 35.0 Å². The molecule has 0 amide bonds. The van der Waals surface area contributed by atoms with Crippen molar-refractivity contribution in [2.45, 2.75) is 6.92 Å². The number of ketones is 1. The van der Waals surface area contributed by atoms with Gasteiger partial charge in [-0.25, -0.2) is 0 Å². The third-order valence-electron chi connectivity index (χ3n) is 2.98. The van der Waals surface area contributed by atoms with Gasteiger partial charge in [-0.2, -0.15) is 5.10 Å². The summed E-state index contributed by atoms with van der Waals surface area (Å²) in [5.74, 6) is 0.187. The first-order valence-corrected chi connectivity index (χ1v) is 6.58. The van der Waals surface area contributed by atoms with Crippen LogP contribution in [0.25, 0.3) is 11.0 Å². The van der Waals surface area contributed by atoms with E-state index in [-0.39, 0.29) is 5.78 Å². The molecule has 0 aliphatic rings. The van der Waals surface area contributed by atoms with Gasteiger partial charge in [-0.3, -0.25) is 9.48 Å². The largest absolute Gasteiger partial charge is 0.451 e. The molecule has 3 rings (SSSR count). The Morgan fingerprint density at radius 2 is 2.21 bits per heavy atom. The van der Waals surface area contributed by atoms with Crippen LogP contribution in [0.1, 0.15) is 21.8 Å². The van der Waals surface area contributed by atoms with Crippen molar-refractivity contribution < 1.29 is 9.21 Å². The molecule has 3 aromatic rings. The fraction of sp³-hybridized carbons (Fsp3) is 0.143. The van der Waals surface area contributed by atoms with E-state index >= 15 is 0 Å². The molecule has 0 saturated carbocycles. The Bertz CT molecular complexity index is 786. The normalized spacial score (nSPS) is 11.1. The number of para-hydroxylation sites is 1. The molecule has 5 heteroatoms. The molecule has 0 saturated heterocycles. The van der Waals surface area contributed by atoms with Gasteiger partial charge in [0.15, 0.2) is 5.76 Å². The van der Waals surface area contributed by atoms with Crippen LogP contribution in [0, 0.1) is 6.92 Å². The maximum atomic E-state index is 12.4. The van der Waals surface area contributed by atoms with Crippen LogP contribution in [-0.2, 0) is 7.05 Å². The smallest absolute Gasteiger partial charge is 0.231 e. The fourth-order valence-electron chi connectivity index (χ4n) is 2.09. The monoisotopic (exact) mass is 318 g/mol. The third-order valence-corrected chi connectivity index (χ3v) is 3.60. The molecule has 0 aliphatic carbocycles. The molecular weight excluding hydrogens is 308 g/mol. The minimum Gasteiger partial charge on any atom is -0.451 e. The summed E-state index contributed by atoms with van der Waals surface area (Å²) in [6.07, 6.45) is 1.71. The summed E-state index contributed by atoms with van der Waals surface area (Å²) in [4.78, 5) is 12.4. The Labute approximate surface area is 118 Å². The van der Waals surface area contributed by atoms with E-state index < -0.39 is 0 Å². The first-order chi connectivity index (χ1) is 9.06. The van der Waals surface area contributed by atoms with E-state index in [0.717, 1.165) is 9.86 Å². The van der Waals surface area contributed by atoms with Gasteiger partial charge < -0.3 is 4.42 Å². The van der Waals surface area contributed by atoms with Crippen molar-refractivity contribution in [1.82, 2.24) is 9.78 Å². The highest BCUT2D eigenvalue weighted by molar-refractivity contribution is 9.10. The van der Waals surface area contributed by atoms with Crippen molar-refractivity contribution in [3.8, 4) is 0 Å². The minimum atomic E-state index is -0.145. The van der Waals surface area contributed by atoms with Crippen molar-refractivity contribution in [3.05, 3.63) is 52.0 Å². The number of carbonyl (C=O) groups is 1. The maximum Gasteiger partial charge on any atom is 0.231 e. The van der Waals surface area contributed by atoms with Crippen LogP contribution in [-0.4, -0.2) is 15.6 Å². The summed E-state index contributed by atoms with van der Waals surface area (Å²) in [6.45, 7) is 1.81. The minimum absolute atomic E-state index is 0.145. The first-order valence-electron chi connectivity index (χ1n) is 5.79. The molecule has 0 radical (unpaired) electrons. The molecule has 0 fully saturated rings. The Balaban J connectivity index is 2.12. The molecule has 0 aliphatic heterocycles. The van der Waals surface area contributed by atoms with Crippen LogP contribution in [0.5, 0.6) is 0 Å². The van der Waals surface area contributed by atoms with Crippen LogP contribution >= 0.6 is 15.9 Å². The molecule has 2 aromatic heterocycles. The Hall–Kier alpha value is -1.88. The number of furan rings is 1. The zero-order valence-electron chi connectivity index (χ0n) is 10.5. The van der Waals surface area contributed by atoms with E-state index in [9.17, 15) is 4.79 Å². The molecule has 96 valence electrons. The summed E-state index contributed by atoms with van der Waals surface area (Å²) in [6, 6.07) is 7.46. The number of aryl methyl sites for hydroxylation is 2. The van der Waals surface area contributed by atoms with Crippen molar-refractivity contribution in [1.29, 1.82) is 0 Å². The lowest BCUT2D eigenvalue weighted by atomic mass is 10.1. The van der Waals surface area contributed by atoms with Gasteiger partial charge in [-0.1, -0.05) is 12.1 Å². The molecule has 19 heavy (non-hydrogen) atoms. The molecular formula is C14H11BrN2O2. The standard InChI is InChI=1S/C14H11BrN2O2/c1-8-10(7-17(2)16-8)13(18)12-6-9-4-3-5-11(15)14(9)19-12/h3-7H,1-2H3. The van der Waals surface area contributed by atoms with Crippen LogP contribution < -0.4 is 0 Å². The number of halogens is 1. The highest BCUT2D eigenvalue weighted by Crippen LogP contribution is 2.28. The molecule has 2 heterocycles. The second-order valence-electron chi connectivity index (χ2n) is 4.40. The van der Waals surface area contributed by atoms with Gasteiger partial charge >= 0.3 is 0 Å². The summed E-state index contributed by atoms with van der Waals surface area (Å²) in [7, 11) is 1.79. The zero-order valence-corrected chi connectivity index (χ0v) is 12.1. The number of aromatic nitrogens is 2.